The van der Waals surface area contributed by atoms with E-state index in [1.165, 1.54) is 0 Å². The van der Waals surface area contributed by atoms with Gasteiger partial charge in [0.25, 0.3) is 0 Å². The first-order chi connectivity index (χ1) is 9.24. The standard InChI is InChI=1S/C11H12F5NO3/c12-10(13)20-9-2-1-6(17-4-7(19)5-18)3-8(9)11(14,15)16/h1-3,7,10,17-19H,4-5H2. The molecule has 4 nitrogen and oxygen atoms in total. The van der Waals surface area contributed by atoms with Crippen LogP contribution in [-0.4, -0.2) is 36.1 Å². The predicted molar refractivity (Wildman–Crippen MR) is 59.7 cm³/mol. The molecular weight excluding hydrogens is 289 g/mol. The molecule has 0 aromatic heterocycles. The number of ether oxygens (including phenoxy) is 1. The predicted octanol–water partition coefficient (Wildman–Crippen LogP) is 2.07. The summed E-state index contributed by atoms with van der Waals surface area (Å²) in [5.74, 6) is -0.985. The van der Waals surface area contributed by atoms with E-state index in [0.29, 0.717) is 6.07 Å². The lowest BCUT2D eigenvalue weighted by molar-refractivity contribution is -0.141. The number of aliphatic hydroxyl groups excluding tert-OH is 2. The number of rotatable bonds is 6. The first-order valence-corrected chi connectivity index (χ1v) is 5.43. The minimum atomic E-state index is -4.86. The Bertz CT molecular complexity index is 439. The van der Waals surface area contributed by atoms with Gasteiger partial charge in [-0.15, -0.1) is 0 Å². The van der Waals surface area contributed by atoms with Crippen molar-refractivity contribution in [3.05, 3.63) is 23.8 Å². The summed E-state index contributed by atoms with van der Waals surface area (Å²) in [6.07, 6.45) is -6.02. The van der Waals surface area contributed by atoms with Crippen molar-refractivity contribution in [3.8, 4) is 5.75 Å². The van der Waals surface area contributed by atoms with Gasteiger partial charge >= 0.3 is 12.8 Å². The van der Waals surface area contributed by atoms with E-state index in [-0.39, 0.29) is 12.2 Å². The molecule has 1 aromatic rings. The highest BCUT2D eigenvalue weighted by atomic mass is 19.4. The van der Waals surface area contributed by atoms with Crippen LogP contribution in [0.25, 0.3) is 0 Å². The molecule has 0 saturated heterocycles. The number of hydrogen-bond acceptors (Lipinski definition) is 4. The summed E-state index contributed by atoms with van der Waals surface area (Å²) in [5, 5.41) is 20.1. The molecule has 1 rings (SSSR count). The van der Waals surface area contributed by atoms with Gasteiger partial charge in [0.05, 0.1) is 18.3 Å². The number of benzene rings is 1. The second-order valence-electron chi connectivity index (χ2n) is 3.80. The van der Waals surface area contributed by atoms with Gasteiger partial charge in [-0.1, -0.05) is 0 Å². The van der Waals surface area contributed by atoms with Crippen LogP contribution >= 0.6 is 0 Å². The average Bonchev–Trinajstić information content (AvgIpc) is 2.35. The van der Waals surface area contributed by atoms with Crippen LogP contribution in [-0.2, 0) is 6.18 Å². The molecule has 0 radical (unpaired) electrons. The minimum Gasteiger partial charge on any atom is -0.434 e. The molecule has 0 saturated carbocycles. The maximum atomic E-state index is 12.7. The molecule has 20 heavy (non-hydrogen) atoms. The molecule has 3 N–H and O–H groups in total. The maximum absolute atomic E-state index is 12.7. The van der Waals surface area contributed by atoms with Crippen LogP contribution in [0.4, 0.5) is 27.6 Å². The highest BCUT2D eigenvalue weighted by Gasteiger charge is 2.35. The van der Waals surface area contributed by atoms with E-state index in [1.807, 2.05) is 0 Å². The monoisotopic (exact) mass is 301 g/mol. The molecule has 1 aromatic carbocycles. The highest BCUT2D eigenvalue weighted by molar-refractivity contribution is 5.52. The molecule has 0 aliphatic carbocycles. The van der Waals surface area contributed by atoms with Gasteiger partial charge in [0.1, 0.15) is 5.75 Å². The minimum absolute atomic E-state index is 0.0496. The van der Waals surface area contributed by atoms with E-state index in [2.05, 4.69) is 10.1 Å². The molecule has 9 heteroatoms. The summed E-state index contributed by atoms with van der Waals surface area (Å²) in [6.45, 7) is -4.12. The third-order valence-electron chi connectivity index (χ3n) is 2.25. The van der Waals surface area contributed by atoms with Gasteiger partial charge in [-0.05, 0) is 18.2 Å². The summed E-state index contributed by atoms with van der Waals surface area (Å²) >= 11 is 0. The van der Waals surface area contributed by atoms with Crippen molar-refractivity contribution in [2.75, 3.05) is 18.5 Å². The van der Waals surface area contributed by atoms with Crippen molar-refractivity contribution < 1.29 is 36.9 Å². The maximum Gasteiger partial charge on any atom is 0.420 e. The molecular formula is C11H12F5NO3. The van der Waals surface area contributed by atoms with Crippen LogP contribution in [0.5, 0.6) is 5.75 Å². The lowest BCUT2D eigenvalue weighted by atomic mass is 10.1. The van der Waals surface area contributed by atoms with Gasteiger partial charge in [0, 0.05) is 12.2 Å². The SMILES string of the molecule is OCC(O)CNc1ccc(OC(F)F)c(C(F)(F)F)c1. The third kappa shape index (κ3) is 4.82. The van der Waals surface area contributed by atoms with E-state index in [0.717, 1.165) is 12.1 Å². The zero-order valence-electron chi connectivity index (χ0n) is 9.99. The van der Waals surface area contributed by atoms with E-state index >= 15 is 0 Å². The Morgan fingerprint density at radius 3 is 2.40 bits per heavy atom. The van der Waals surface area contributed by atoms with Crippen molar-refractivity contribution in [1.82, 2.24) is 0 Å². The first-order valence-electron chi connectivity index (χ1n) is 5.43. The Labute approximate surface area is 110 Å². The van der Waals surface area contributed by atoms with Gasteiger partial charge < -0.3 is 20.3 Å². The van der Waals surface area contributed by atoms with E-state index in [9.17, 15) is 22.0 Å². The molecule has 0 aliphatic heterocycles. The molecule has 0 bridgehead atoms. The number of nitrogens with one attached hydrogen (secondary N) is 1. The molecule has 0 aliphatic rings. The molecule has 0 fully saturated rings. The van der Waals surface area contributed by atoms with Gasteiger partial charge in [0.2, 0.25) is 0 Å². The van der Waals surface area contributed by atoms with Gasteiger partial charge in [-0.2, -0.15) is 22.0 Å². The number of anilines is 1. The zero-order valence-corrected chi connectivity index (χ0v) is 9.99. The molecule has 1 atom stereocenters. The zero-order chi connectivity index (χ0) is 15.3. The van der Waals surface area contributed by atoms with Crippen molar-refractivity contribution in [2.24, 2.45) is 0 Å². The van der Waals surface area contributed by atoms with Crippen LogP contribution in [0.2, 0.25) is 0 Å². The second kappa shape index (κ2) is 6.71. The molecule has 0 heterocycles. The summed E-state index contributed by atoms with van der Waals surface area (Å²) < 4.78 is 66.0. The quantitative estimate of drug-likeness (QED) is 0.704. The third-order valence-corrected chi connectivity index (χ3v) is 2.25. The van der Waals surface area contributed by atoms with Crippen LogP contribution < -0.4 is 10.1 Å². The summed E-state index contributed by atoms with van der Waals surface area (Å²) in [6, 6.07) is 2.43. The Balaban J connectivity index is 2.96. The summed E-state index contributed by atoms with van der Waals surface area (Å²) in [7, 11) is 0. The van der Waals surface area contributed by atoms with Crippen LogP contribution in [0.15, 0.2) is 18.2 Å². The fourth-order valence-corrected chi connectivity index (χ4v) is 1.36. The smallest absolute Gasteiger partial charge is 0.420 e. The lowest BCUT2D eigenvalue weighted by Crippen LogP contribution is -2.23. The van der Waals surface area contributed by atoms with Crippen molar-refractivity contribution in [2.45, 2.75) is 18.9 Å². The number of aliphatic hydroxyl groups is 2. The lowest BCUT2D eigenvalue weighted by Gasteiger charge is -2.16. The molecule has 114 valence electrons. The fraction of sp³-hybridized carbons (Fsp3) is 0.455. The van der Waals surface area contributed by atoms with Crippen molar-refractivity contribution >= 4 is 5.69 Å². The molecule has 1 unspecified atom stereocenters. The summed E-state index contributed by atoms with van der Waals surface area (Å²) in [5.41, 5.74) is -1.41. The topological polar surface area (TPSA) is 61.7 Å². The van der Waals surface area contributed by atoms with Crippen LogP contribution in [0.3, 0.4) is 0 Å². The Kier molecular flexibility index (Phi) is 5.52. The largest absolute Gasteiger partial charge is 0.434 e. The number of alkyl halides is 5. The van der Waals surface area contributed by atoms with Crippen molar-refractivity contribution in [3.63, 3.8) is 0 Å². The van der Waals surface area contributed by atoms with Gasteiger partial charge in [-0.25, -0.2) is 0 Å². The van der Waals surface area contributed by atoms with Crippen LogP contribution in [0.1, 0.15) is 5.56 Å². The van der Waals surface area contributed by atoms with Crippen molar-refractivity contribution in [1.29, 1.82) is 0 Å². The first kappa shape index (κ1) is 16.4. The Hall–Kier alpha value is -1.61. The Morgan fingerprint density at radius 1 is 1.25 bits per heavy atom. The van der Waals surface area contributed by atoms with E-state index in [1.54, 1.807) is 0 Å². The average molecular weight is 301 g/mol. The number of halogens is 5. The van der Waals surface area contributed by atoms with Gasteiger partial charge in [-0.3, -0.25) is 0 Å². The fourth-order valence-electron chi connectivity index (χ4n) is 1.36. The molecule has 0 spiro atoms. The Morgan fingerprint density at radius 2 is 1.90 bits per heavy atom. The van der Waals surface area contributed by atoms with E-state index in [4.69, 9.17) is 10.2 Å². The van der Waals surface area contributed by atoms with E-state index < -0.39 is 36.8 Å². The normalized spacial score (nSPS) is 13.4. The highest BCUT2D eigenvalue weighted by Crippen LogP contribution is 2.38. The van der Waals surface area contributed by atoms with Gasteiger partial charge in [0.15, 0.2) is 0 Å². The molecule has 0 amide bonds. The second-order valence-corrected chi connectivity index (χ2v) is 3.80. The number of hydrogen-bond donors (Lipinski definition) is 3. The van der Waals surface area contributed by atoms with Crippen LogP contribution in [0, 0.1) is 0 Å². The summed E-state index contributed by atoms with van der Waals surface area (Å²) in [4.78, 5) is 0.